The summed E-state index contributed by atoms with van der Waals surface area (Å²) in [6, 6.07) is 11.1. The van der Waals surface area contributed by atoms with Crippen molar-refractivity contribution >= 4 is 34.8 Å². The average Bonchev–Trinajstić information content (AvgIpc) is 2.45. The summed E-state index contributed by atoms with van der Waals surface area (Å²) < 4.78 is 0. The molecule has 0 aliphatic heterocycles. The summed E-state index contributed by atoms with van der Waals surface area (Å²) >= 11 is 5.94. The fraction of sp³-hybridized carbons (Fsp3) is 0.0667. The Morgan fingerprint density at radius 1 is 1.05 bits per heavy atom. The largest absolute Gasteiger partial charge is 0.506 e. The fourth-order valence-electron chi connectivity index (χ4n) is 1.62. The number of hydrogen-bond donors (Lipinski definition) is 3. The molecule has 0 spiro atoms. The number of phenols is 1. The van der Waals surface area contributed by atoms with Gasteiger partial charge in [0.2, 0.25) is 0 Å². The highest BCUT2D eigenvalue weighted by Crippen LogP contribution is 2.22. The SMILES string of the molecule is Cc1ccc(NC(=O)C(=O)Nc2ccccc2O)cc1Cl. The van der Waals surface area contributed by atoms with Gasteiger partial charge in [0.1, 0.15) is 5.75 Å². The number of rotatable bonds is 2. The Hall–Kier alpha value is -2.53. The summed E-state index contributed by atoms with van der Waals surface area (Å²) in [4.78, 5) is 23.5. The van der Waals surface area contributed by atoms with Gasteiger partial charge < -0.3 is 15.7 Å². The molecular formula is C15H13ClN2O3. The van der Waals surface area contributed by atoms with Gasteiger partial charge in [0, 0.05) is 10.7 Å². The summed E-state index contributed by atoms with van der Waals surface area (Å²) in [5.41, 5.74) is 1.45. The van der Waals surface area contributed by atoms with E-state index in [-0.39, 0.29) is 11.4 Å². The van der Waals surface area contributed by atoms with E-state index in [0.717, 1.165) is 5.56 Å². The highest BCUT2D eigenvalue weighted by Gasteiger charge is 2.15. The van der Waals surface area contributed by atoms with E-state index in [1.54, 1.807) is 30.3 Å². The molecule has 108 valence electrons. The van der Waals surface area contributed by atoms with E-state index in [1.807, 2.05) is 6.92 Å². The number of anilines is 2. The second-order valence-electron chi connectivity index (χ2n) is 4.39. The van der Waals surface area contributed by atoms with Crippen LogP contribution in [-0.4, -0.2) is 16.9 Å². The van der Waals surface area contributed by atoms with E-state index >= 15 is 0 Å². The Morgan fingerprint density at radius 3 is 2.38 bits per heavy atom. The molecule has 0 atom stereocenters. The standard InChI is InChI=1S/C15H13ClN2O3/c1-9-6-7-10(8-11(9)16)17-14(20)15(21)18-12-4-2-3-5-13(12)19/h2-8,19H,1H3,(H,17,20)(H,18,21). The van der Waals surface area contributed by atoms with Gasteiger partial charge in [0.15, 0.2) is 0 Å². The molecule has 6 heteroatoms. The molecule has 5 nitrogen and oxygen atoms in total. The lowest BCUT2D eigenvalue weighted by molar-refractivity contribution is -0.133. The lowest BCUT2D eigenvalue weighted by Crippen LogP contribution is -2.29. The van der Waals surface area contributed by atoms with E-state index in [2.05, 4.69) is 10.6 Å². The second-order valence-corrected chi connectivity index (χ2v) is 4.80. The molecule has 0 aliphatic carbocycles. The Kier molecular flexibility index (Phi) is 4.45. The Balaban J connectivity index is 2.04. The number of phenolic OH excluding ortho intramolecular Hbond substituents is 1. The quantitative estimate of drug-likeness (QED) is 0.589. The third-order valence-corrected chi connectivity index (χ3v) is 3.20. The number of carbonyl (C=O) groups is 2. The van der Waals surface area contributed by atoms with Crippen molar-refractivity contribution in [3.63, 3.8) is 0 Å². The average molecular weight is 305 g/mol. The number of para-hydroxylation sites is 2. The maximum absolute atomic E-state index is 11.8. The first kappa shape index (κ1) is 14.9. The van der Waals surface area contributed by atoms with Gasteiger partial charge in [-0.1, -0.05) is 29.8 Å². The lowest BCUT2D eigenvalue weighted by atomic mass is 10.2. The minimum atomic E-state index is -0.881. The van der Waals surface area contributed by atoms with Crippen molar-refractivity contribution in [2.45, 2.75) is 6.92 Å². The minimum Gasteiger partial charge on any atom is -0.506 e. The lowest BCUT2D eigenvalue weighted by Gasteiger charge is -2.08. The van der Waals surface area contributed by atoms with Gasteiger partial charge in [-0.05, 0) is 36.8 Å². The molecule has 0 aromatic heterocycles. The predicted molar refractivity (Wildman–Crippen MR) is 81.6 cm³/mol. The predicted octanol–water partition coefficient (Wildman–Crippen LogP) is 2.93. The van der Waals surface area contributed by atoms with E-state index < -0.39 is 11.8 Å². The topological polar surface area (TPSA) is 78.4 Å². The normalized spacial score (nSPS) is 10.0. The zero-order valence-corrected chi connectivity index (χ0v) is 11.9. The smallest absolute Gasteiger partial charge is 0.314 e. The van der Waals surface area contributed by atoms with Crippen molar-refractivity contribution in [3.05, 3.63) is 53.1 Å². The first-order valence-corrected chi connectivity index (χ1v) is 6.51. The molecule has 2 aromatic carbocycles. The highest BCUT2D eigenvalue weighted by molar-refractivity contribution is 6.44. The summed E-state index contributed by atoms with van der Waals surface area (Å²) in [6.45, 7) is 1.83. The molecule has 3 N–H and O–H groups in total. The molecule has 0 saturated heterocycles. The minimum absolute atomic E-state index is 0.114. The maximum Gasteiger partial charge on any atom is 0.314 e. The number of carbonyl (C=O) groups excluding carboxylic acids is 2. The summed E-state index contributed by atoms with van der Waals surface area (Å²) in [5.74, 6) is -1.84. The Bertz CT molecular complexity index is 701. The van der Waals surface area contributed by atoms with Gasteiger partial charge in [0.25, 0.3) is 0 Å². The van der Waals surface area contributed by atoms with Gasteiger partial charge in [-0.3, -0.25) is 9.59 Å². The van der Waals surface area contributed by atoms with Crippen molar-refractivity contribution in [2.75, 3.05) is 10.6 Å². The number of halogens is 1. The molecule has 0 bridgehead atoms. The van der Waals surface area contributed by atoms with Crippen LogP contribution in [0, 0.1) is 6.92 Å². The van der Waals surface area contributed by atoms with Gasteiger partial charge in [-0.2, -0.15) is 0 Å². The van der Waals surface area contributed by atoms with Crippen LogP contribution in [-0.2, 0) is 9.59 Å². The Labute approximate surface area is 126 Å². The van der Waals surface area contributed by atoms with Crippen molar-refractivity contribution < 1.29 is 14.7 Å². The summed E-state index contributed by atoms with van der Waals surface area (Å²) in [5, 5.41) is 14.8. The van der Waals surface area contributed by atoms with Crippen molar-refractivity contribution in [1.29, 1.82) is 0 Å². The van der Waals surface area contributed by atoms with Gasteiger partial charge in [0.05, 0.1) is 5.69 Å². The first-order chi connectivity index (χ1) is 9.97. The van der Waals surface area contributed by atoms with Crippen LogP contribution in [0.3, 0.4) is 0 Å². The van der Waals surface area contributed by atoms with Crippen LogP contribution in [0.15, 0.2) is 42.5 Å². The van der Waals surface area contributed by atoms with Crippen LogP contribution in [0.1, 0.15) is 5.56 Å². The number of aromatic hydroxyl groups is 1. The Morgan fingerprint density at radius 2 is 1.71 bits per heavy atom. The number of nitrogens with one attached hydrogen (secondary N) is 2. The maximum atomic E-state index is 11.8. The van der Waals surface area contributed by atoms with Gasteiger partial charge >= 0.3 is 11.8 Å². The van der Waals surface area contributed by atoms with Crippen LogP contribution in [0.4, 0.5) is 11.4 Å². The number of hydrogen-bond acceptors (Lipinski definition) is 3. The number of benzene rings is 2. The van der Waals surface area contributed by atoms with Crippen LogP contribution in [0.5, 0.6) is 5.75 Å². The third-order valence-electron chi connectivity index (χ3n) is 2.79. The molecule has 2 amide bonds. The van der Waals surface area contributed by atoms with Gasteiger partial charge in [-0.25, -0.2) is 0 Å². The molecule has 0 heterocycles. The molecule has 2 rings (SSSR count). The van der Waals surface area contributed by atoms with Crippen molar-refractivity contribution in [1.82, 2.24) is 0 Å². The van der Waals surface area contributed by atoms with E-state index in [9.17, 15) is 14.7 Å². The van der Waals surface area contributed by atoms with E-state index in [4.69, 9.17) is 11.6 Å². The summed E-state index contributed by atoms with van der Waals surface area (Å²) in [6.07, 6.45) is 0. The zero-order chi connectivity index (χ0) is 15.4. The molecule has 0 fully saturated rings. The number of amides is 2. The fourth-order valence-corrected chi connectivity index (χ4v) is 1.80. The van der Waals surface area contributed by atoms with Gasteiger partial charge in [-0.15, -0.1) is 0 Å². The van der Waals surface area contributed by atoms with Crippen molar-refractivity contribution in [3.8, 4) is 5.75 Å². The van der Waals surface area contributed by atoms with Crippen LogP contribution in [0.2, 0.25) is 5.02 Å². The molecular weight excluding hydrogens is 292 g/mol. The second kappa shape index (κ2) is 6.28. The molecule has 0 radical (unpaired) electrons. The molecule has 0 aliphatic rings. The van der Waals surface area contributed by atoms with Crippen LogP contribution < -0.4 is 10.6 Å². The highest BCUT2D eigenvalue weighted by atomic mass is 35.5. The van der Waals surface area contributed by atoms with E-state index in [0.29, 0.717) is 10.7 Å². The first-order valence-electron chi connectivity index (χ1n) is 6.14. The molecule has 0 unspecified atom stereocenters. The third kappa shape index (κ3) is 3.73. The van der Waals surface area contributed by atoms with E-state index in [1.165, 1.54) is 12.1 Å². The van der Waals surface area contributed by atoms with Crippen molar-refractivity contribution in [2.24, 2.45) is 0 Å². The zero-order valence-electron chi connectivity index (χ0n) is 11.2. The monoisotopic (exact) mass is 304 g/mol. The van der Waals surface area contributed by atoms with Crippen LogP contribution in [0.25, 0.3) is 0 Å². The van der Waals surface area contributed by atoms with Crippen LogP contribution >= 0.6 is 11.6 Å². The molecule has 0 saturated carbocycles. The number of aryl methyl sites for hydroxylation is 1. The molecule has 2 aromatic rings. The molecule has 21 heavy (non-hydrogen) atoms. The summed E-state index contributed by atoms with van der Waals surface area (Å²) in [7, 11) is 0.